The van der Waals surface area contributed by atoms with Crippen LogP contribution in [0.25, 0.3) is 5.69 Å². The number of nitrogens with one attached hydrogen (secondary N) is 1. The molecule has 0 amide bonds. The first-order valence-electron chi connectivity index (χ1n) is 7.79. The van der Waals surface area contributed by atoms with Crippen LogP contribution in [0, 0.1) is 6.92 Å². The van der Waals surface area contributed by atoms with Crippen LogP contribution in [0.4, 0.5) is 0 Å². The third-order valence-electron chi connectivity index (χ3n) is 3.71. The Hall–Kier alpha value is -3.33. The molecule has 0 saturated carbocycles. The summed E-state index contributed by atoms with van der Waals surface area (Å²) in [6.07, 6.45) is 2.00. The standard InChI is InChI=1S/C18H15N3O5S/c1-10-9-13(7-8-14(10)27-2)26-12-5-3-11(4-6-12)21-18(25)19-16(22)15(20-21)17(23)24/h3-9H,1-2H3,(H,23,24)(H,19,22,25). The minimum Gasteiger partial charge on any atom is -0.476 e. The number of nitrogens with zero attached hydrogens (tertiary/aromatic N) is 2. The molecule has 0 fully saturated rings. The maximum atomic E-state index is 11.9. The fourth-order valence-electron chi connectivity index (χ4n) is 2.42. The Morgan fingerprint density at radius 1 is 1.15 bits per heavy atom. The van der Waals surface area contributed by atoms with Gasteiger partial charge in [-0.1, -0.05) is 0 Å². The van der Waals surface area contributed by atoms with Crippen molar-refractivity contribution in [2.24, 2.45) is 0 Å². The number of aryl methyl sites for hydroxylation is 1. The molecule has 9 heteroatoms. The molecule has 2 aromatic carbocycles. The van der Waals surface area contributed by atoms with Crippen molar-refractivity contribution in [3.8, 4) is 17.2 Å². The van der Waals surface area contributed by atoms with Gasteiger partial charge in [0.1, 0.15) is 11.5 Å². The van der Waals surface area contributed by atoms with E-state index in [2.05, 4.69) is 5.10 Å². The van der Waals surface area contributed by atoms with Crippen molar-refractivity contribution in [2.75, 3.05) is 6.26 Å². The number of hydrogen-bond acceptors (Lipinski definition) is 6. The zero-order valence-electron chi connectivity index (χ0n) is 14.4. The summed E-state index contributed by atoms with van der Waals surface area (Å²) < 4.78 is 6.60. The lowest BCUT2D eigenvalue weighted by atomic mass is 10.2. The Kier molecular flexibility index (Phi) is 5.13. The van der Waals surface area contributed by atoms with Gasteiger partial charge in [0.2, 0.25) is 5.69 Å². The molecule has 0 saturated heterocycles. The van der Waals surface area contributed by atoms with E-state index >= 15 is 0 Å². The summed E-state index contributed by atoms with van der Waals surface area (Å²) in [5, 5.41) is 12.6. The largest absolute Gasteiger partial charge is 0.476 e. The topological polar surface area (TPSA) is 114 Å². The van der Waals surface area contributed by atoms with Gasteiger partial charge in [0.05, 0.1) is 5.69 Å². The maximum absolute atomic E-state index is 11.9. The van der Waals surface area contributed by atoms with E-state index in [-0.39, 0.29) is 0 Å². The quantitative estimate of drug-likeness (QED) is 0.648. The molecular formula is C18H15N3O5S. The molecule has 2 N–H and O–H groups in total. The van der Waals surface area contributed by atoms with E-state index < -0.39 is 22.9 Å². The molecule has 138 valence electrons. The van der Waals surface area contributed by atoms with Gasteiger partial charge in [0.15, 0.2) is 0 Å². The SMILES string of the molecule is CSc1ccc(Oc2ccc(-n3nc(C(=O)O)c(=O)[nH]c3=O)cc2)cc1C. The normalized spacial score (nSPS) is 10.6. The summed E-state index contributed by atoms with van der Waals surface area (Å²) in [5.74, 6) is -0.314. The smallest absolute Gasteiger partial charge is 0.362 e. The highest BCUT2D eigenvalue weighted by molar-refractivity contribution is 7.98. The van der Waals surface area contributed by atoms with Crippen molar-refractivity contribution in [1.29, 1.82) is 0 Å². The summed E-state index contributed by atoms with van der Waals surface area (Å²) in [6.45, 7) is 2.00. The zero-order chi connectivity index (χ0) is 19.6. The van der Waals surface area contributed by atoms with Crippen LogP contribution in [-0.4, -0.2) is 32.1 Å². The average molecular weight is 385 g/mol. The van der Waals surface area contributed by atoms with Crippen molar-refractivity contribution in [3.63, 3.8) is 0 Å². The number of aromatic nitrogens is 3. The number of H-pyrrole nitrogens is 1. The molecule has 0 radical (unpaired) electrons. The van der Waals surface area contributed by atoms with Crippen LogP contribution in [0.2, 0.25) is 0 Å². The Morgan fingerprint density at radius 3 is 2.41 bits per heavy atom. The zero-order valence-corrected chi connectivity index (χ0v) is 15.2. The molecule has 0 aliphatic carbocycles. The lowest BCUT2D eigenvalue weighted by Crippen LogP contribution is -2.35. The van der Waals surface area contributed by atoms with Crippen molar-refractivity contribution in [3.05, 3.63) is 74.6 Å². The number of carbonyl (C=O) groups is 1. The van der Waals surface area contributed by atoms with Gasteiger partial charge >= 0.3 is 11.7 Å². The number of ether oxygens (including phenoxy) is 1. The number of thioether (sulfide) groups is 1. The summed E-state index contributed by atoms with van der Waals surface area (Å²) in [5.41, 5.74) is -1.25. The first kappa shape index (κ1) is 18.5. The number of aromatic amines is 1. The van der Waals surface area contributed by atoms with Crippen LogP contribution in [-0.2, 0) is 0 Å². The van der Waals surface area contributed by atoms with E-state index in [1.54, 1.807) is 23.9 Å². The third-order valence-corrected chi connectivity index (χ3v) is 4.61. The highest BCUT2D eigenvalue weighted by Crippen LogP contribution is 2.27. The molecule has 3 rings (SSSR count). The fraction of sp³-hybridized carbons (Fsp3) is 0.111. The van der Waals surface area contributed by atoms with E-state index in [1.807, 2.05) is 36.4 Å². The van der Waals surface area contributed by atoms with Gasteiger partial charge in [-0.05, 0) is 61.2 Å². The number of aromatic carboxylic acids is 1. The van der Waals surface area contributed by atoms with Crippen LogP contribution in [0.3, 0.4) is 0 Å². The van der Waals surface area contributed by atoms with Crippen LogP contribution < -0.4 is 16.0 Å². The van der Waals surface area contributed by atoms with E-state index in [0.29, 0.717) is 17.2 Å². The van der Waals surface area contributed by atoms with Gasteiger partial charge in [0, 0.05) is 4.90 Å². The highest BCUT2D eigenvalue weighted by atomic mass is 32.2. The first-order chi connectivity index (χ1) is 12.9. The van der Waals surface area contributed by atoms with E-state index in [9.17, 15) is 14.4 Å². The van der Waals surface area contributed by atoms with Crippen molar-refractivity contribution in [2.45, 2.75) is 11.8 Å². The molecule has 0 bridgehead atoms. The second kappa shape index (κ2) is 7.50. The van der Waals surface area contributed by atoms with Crippen molar-refractivity contribution in [1.82, 2.24) is 14.8 Å². The lowest BCUT2D eigenvalue weighted by molar-refractivity contribution is 0.0685. The van der Waals surface area contributed by atoms with E-state index in [0.717, 1.165) is 15.1 Å². The Labute approximate surface area is 157 Å². The fourth-order valence-corrected chi connectivity index (χ4v) is 3.01. The Morgan fingerprint density at radius 2 is 1.81 bits per heavy atom. The van der Waals surface area contributed by atoms with Gasteiger partial charge in [-0.25, -0.2) is 9.59 Å². The highest BCUT2D eigenvalue weighted by Gasteiger charge is 2.14. The Balaban J connectivity index is 1.89. The molecule has 0 aliphatic rings. The Bertz CT molecular complexity index is 1120. The van der Waals surface area contributed by atoms with Gasteiger partial charge < -0.3 is 9.84 Å². The predicted molar refractivity (Wildman–Crippen MR) is 100 cm³/mol. The number of carboxylic acids is 1. The maximum Gasteiger partial charge on any atom is 0.362 e. The second-order valence-electron chi connectivity index (χ2n) is 5.55. The summed E-state index contributed by atoms with van der Waals surface area (Å²) in [7, 11) is 0. The van der Waals surface area contributed by atoms with Crippen molar-refractivity contribution < 1.29 is 14.6 Å². The predicted octanol–water partition coefficient (Wildman–Crippen LogP) is 2.44. The summed E-state index contributed by atoms with van der Waals surface area (Å²) in [6, 6.07) is 12.1. The van der Waals surface area contributed by atoms with Crippen LogP contribution in [0.15, 0.2) is 56.9 Å². The molecule has 0 spiro atoms. The molecule has 8 nitrogen and oxygen atoms in total. The second-order valence-corrected chi connectivity index (χ2v) is 6.40. The van der Waals surface area contributed by atoms with Gasteiger partial charge in [-0.2, -0.15) is 9.78 Å². The molecule has 0 atom stereocenters. The van der Waals surface area contributed by atoms with Crippen molar-refractivity contribution >= 4 is 17.7 Å². The van der Waals surface area contributed by atoms with E-state index in [1.165, 1.54) is 12.1 Å². The molecular weight excluding hydrogens is 370 g/mol. The van der Waals surface area contributed by atoms with E-state index in [4.69, 9.17) is 9.84 Å². The number of benzene rings is 2. The molecule has 3 aromatic rings. The molecule has 0 unspecified atom stereocenters. The van der Waals surface area contributed by atoms with Gasteiger partial charge in [-0.15, -0.1) is 11.8 Å². The summed E-state index contributed by atoms with van der Waals surface area (Å²) in [4.78, 5) is 37.5. The molecule has 0 aliphatic heterocycles. The summed E-state index contributed by atoms with van der Waals surface area (Å²) >= 11 is 1.65. The molecule has 1 aromatic heterocycles. The number of carboxylic acid groups (broad SMARTS) is 1. The van der Waals surface area contributed by atoms with Crippen LogP contribution in [0.5, 0.6) is 11.5 Å². The number of hydrogen-bond donors (Lipinski definition) is 2. The monoisotopic (exact) mass is 385 g/mol. The first-order valence-corrected chi connectivity index (χ1v) is 9.01. The van der Waals surface area contributed by atoms with Gasteiger partial charge in [0.25, 0.3) is 5.56 Å². The van der Waals surface area contributed by atoms with Crippen LogP contribution >= 0.6 is 11.8 Å². The lowest BCUT2D eigenvalue weighted by Gasteiger charge is -2.10. The minimum atomic E-state index is -1.52. The van der Waals surface area contributed by atoms with Gasteiger partial charge in [-0.3, -0.25) is 9.78 Å². The minimum absolute atomic E-state index is 0.292. The number of rotatable bonds is 5. The third kappa shape index (κ3) is 3.93. The average Bonchev–Trinajstić information content (AvgIpc) is 2.62. The molecule has 27 heavy (non-hydrogen) atoms. The molecule has 1 heterocycles. The van der Waals surface area contributed by atoms with Crippen LogP contribution in [0.1, 0.15) is 16.1 Å².